The van der Waals surface area contributed by atoms with Crippen LogP contribution in [-0.2, 0) is 9.47 Å². The van der Waals surface area contributed by atoms with Crippen molar-refractivity contribution >= 4 is 11.4 Å². The average Bonchev–Trinajstić information content (AvgIpc) is 2.39. The van der Waals surface area contributed by atoms with Gasteiger partial charge in [-0.15, -0.1) is 0 Å². The van der Waals surface area contributed by atoms with Crippen molar-refractivity contribution in [3.63, 3.8) is 0 Å². The first-order valence-corrected chi connectivity index (χ1v) is 6.00. The molecule has 0 aliphatic rings. The first-order chi connectivity index (χ1) is 9.10. The second-order valence-electron chi connectivity index (χ2n) is 4.09. The molecule has 0 saturated carbocycles. The molecule has 0 saturated heterocycles. The second kappa shape index (κ2) is 7.91. The van der Waals surface area contributed by atoms with Gasteiger partial charge in [0.05, 0.1) is 13.2 Å². The van der Waals surface area contributed by atoms with E-state index in [4.69, 9.17) is 15.2 Å². The van der Waals surface area contributed by atoms with Gasteiger partial charge in [-0.1, -0.05) is 0 Å². The van der Waals surface area contributed by atoms with Crippen molar-refractivity contribution in [1.29, 1.82) is 0 Å². The van der Waals surface area contributed by atoms with E-state index in [0.29, 0.717) is 37.7 Å². The van der Waals surface area contributed by atoms with E-state index >= 15 is 0 Å². The summed E-state index contributed by atoms with van der Waals surface area (Å²) in [4.78, 5) is 1.81. The Labute approximate surface area is 112 Å². The third-order valence-corrected chi connectivity index (χ3v) is 2.76. The number of hydrogen-bond acceptors (Lipinski definition) is 4. The van der Waals surface area contributed by atoms with Gasteiger partial charge in [-0.2, -0.15) is 0 Å². The minimum absolute atomic E-state index is 0.0628. The molecule has 0 atom stereocenters. The molecule has 0 aliphatic heterocycles. The third-order valence-electron chi connectivity index (χ3n) is 2.76. The van der Waals surface area contributed by atoms with Crippen LogP contribution in [0.5, 0.6) is 0 Å². The van der Waals surface area contributed by atoms with Gasteiger partial charge in [0.1, 0.15) is 0 Å². The average molecular weight is 274 g/mol. The number of nitrogens with two attached hydrogens (primary N) is 1. The Morgan fingerprint density at radius 2 is 1.74 bits per heavy atom. The van der Waals surface area contributed by atoms with Crippen LogP contribution < -0.4 is 10.6 Å². The zero-order chi connectivity index (χ0) is 14.3. The molecule has 0 radical (unpaired) electrons. The Morgan fingerprint density at radius 1 is 1.16 bits per heavy atom. The predicted octanol–water partition coefficient (Wildman–Crippen LogP) is 2.31. The van der Waals surface area contributed by atoms with Crippen molar-refractivity contribution in [3.05, 3.63) is 23.8 Å². The number of alkyl halides is 2. The standard InChI is InChI=1S/C13H20F2N2O2/c1-18-7-5-17(6-8-19-2)12-4-3-10(16)9-11(12)13(14)15/h3-4,9,13H,5-8,16H2,1-2H3. The van der Waals surface area contributed by atoms with Gasteiger partial charge in [0.15, 0.2) is 0 Å². The van der Waals surface area contributed by atoms with Crippen LogP contribution >= 0.6 is 0 Å². The largest absolute Gasteiger partial charge is 0.399 e. The van der Waals surface area contributed by atoms with Gasteiger partial charge < -0.3 is 20.1 Å². The Balaban J connectivity index is 2.98. The summed E-state index contributed by atoms with van der Waals surface area (Å²) in [6, 6.07) is 4.54. The fourth-order valence-corrected chi connectivity index (χ4v) is 1.79. The molecular weight excluding hydrogens is 254 g/mol. The zero-order valence-corrected chi connectivity index (χ0v) is 11.2. The molecule has 0 fully saturated rings. The van der Waals surface area contributed by atoms with Crippen LogP contribution in [0.1, 0.15) is 12.0 Å². The topological polar surface area (TPSA) is 47.7 Å². The van der Waals surface area contributed by atoms with E-state index in [1.807, 2.05) is 4.90 Å². The number of rotatable bonds is 8. The molecule has 1 rings (SSSR count). The lowest BCUT2D eigenvalue weighted by molar-refractivity contribution is 0.151. The predicted molar refractivity (Wildman–Crippen MR) is 71.8 cm³/mol. The minimum atomic E-state index is -2.56. The van der Waals surface area contributed by atoms with E-state index in [1.54, 1.807) is 26.4 Å². The summed E-state index contributed by atoms with van der Waals surface area (Å²) in [6.45, 7) is 1.94. The minimum Gasteiger partial charge on any atom is -0.399 e. The Morgan fingerprint density at radius 3 is 2.21 bits per heavy atom. The van der Waals surface area contributed by atoms with Crippen LogP contribution in [0.3, 0.4) is 0 Å². The Kier molecular flexibility index (Phi) is 6.52. The fraction of sp³-hybridized carbons (Fsp3) is 0.538. The van der Waals surface area contributed by atoms with Crippen molar-refractivity contribution in [2.24, 2.45) is 0 Å². The van der Waals surface area contributed by atoms with Crippen molar-refractivity contribution in [1.82, 2.24) is 0 Å². The van der Waals surface area contributed by atoms with E-state index in [0.717, 1.165) is 0 Å². The highest BCUT2D eigenvalue weighted by molar-refractivity contribution is 5.60. The van der Waals surface area contributed by atoms with Gasteiger partial charge in [-0.25, -0.2) is 8.78 Å². The molecule has 2 N–H and O–H groups in total. The van der Waals surface area contributed by atoms with E-state index in [9.17, 15) is 8.78 Å². The van der Waals surface area contributed by atoms with Crippen LogP contribution in [0.25, 0.3) is 0 Å². The molecule has 1 aromatic carbocycles. The number of ether oxygens (including phenoxy) is 2. The Bertz CT molecular complexity index is 381. The molecule has 0 unspecified atom stereocenters. The molecule has 4 nitrogen and oxygen atoms in total. The van der Waals surface area contributed by atoms with Gasteiger partial charge in [0, 0.05) is 44.2 Å². The smallest absolute Gasteiger partial charge is 0.265 e. The highest BCUT2D eigenvalue weighted by atomic mass is 19.3. The SMILES string of the molecule is COCCN(CCOC)c1ccc(N)cc1C(F)F. The number of nitrogens with zero attached hydrogens (tertiary/aromatic N) is 1. The molecule has 0 aliphatic carbocycles. The normalized spacial score (nSPS) is 11.0. The van der Waals surface area contributed by atoms with Gasteiger partial charge in [-0.05, 0) is 18.2 Å². The maximum absolute atomic E-state index is 13.1. The maximum Gasteiger partial charge on any atom is 0.265 e. The number of methoxy groups -OCH3 is 2. The molecule has 6 heteroatoms. The van der Waals surface area contributed by atoms with E-state index < -0.39 is 6.43 Å². The quantitative estimate of drug-likeness (QED) is 0.739. The van der Waals surface area contributed by atoms with Crippen LogP contribution in [0.2, 0.25) is 0 Å². The van der Waals surface area contributed by atoms with Crippen LogP contribution in [-0.4, -0.2) is 40.5 Å². The summed E-state index contributed by atoms with van der Waals surface area (Å²) in [5.74, 6) is 0. The lowest BCUT2D eigenvalue weighted by Gasteiger charge is -2.26. The fourth-order valence-electron chi connectivity index (χ4n) is 1.79. The number of hydrogen-bond donors (Lipinski definition) is 1. The molecule has 1 aromatic rings. The van der Waals surface area contributed by atoms with E-state index in [2.05, 4.69) is 0 Å². The van der Waals surface area contributed by atoms with Crippen molar-refractivity contribution < 1.29 is 18.3 Å². The first-order valence-electron chi connectivity index (χ1n) is 6.00. The highest BCUT2D eigenvalue weighted by Crippen LogP contribution is 2.31. The van der Waals surface area contributed by atoms with Crippen molar-refractivity contribution in [2.75, 3.05) is 51.2 Å². The molecule has 0 bridgehead atoms. The third kappa shape index (κ3) is 4.65. The Hall–Kier alpha value is -1.40. The number of benzene rings is 1. The van der Waals surface area contributed by atoms with E-state index in [-0.39, 0.29) is 5.56 Å². The maximum atomic E-state index is 13.1. The zero-order valence-electron chi connectivity index (χ0n) is 11.2. The number of anilines is 2. The summed E-state index contributed by atoms with van der Waals surface area (Å²) >= 11 is 0. The molecular formula is C13H20F2N2O2. The summed E-state index contributed by atoms with van der Waals surface area (Å²) in [5.41, 5.74) is 6.30. The molecule has 0 amide bonds. The van der Waals surface area contributed by atoms with Gasteiger partial charge in [-0.3, -0.25) is 0 Å². The van der Waals surface area contributed by atoms with Gasteiger partial charge in [0.2, 0.25) is 0 Å². The van der Waals surface area contributed by atoms with Crippen molar-refractivity contribution in [2.45, 2.75) is 6.43 Å². The first kappa shape index (κ1) is 15.7. The lowest BCUT2D eigenvalue weighted by Crippen LogP contribution is -2.31. The number of nitrogen functional groups attached to an aromatic ring is 1. The summed E-state index contributed by atoms with van der Waals surface area (Å²) in [7, 11) is 3.15. The van der Waals surface area contributed by atoms with Crippen molar-refractivity contribution in [3.8, 4) is 0 Å². The molecule has 0 heterocycles. The molecule has 19 heavy (non-hydrogen) atoms. The monoisotopic (exact) mass is 274 g/mol. The highest BCUT2D eigenvalue weighted by Gasteiger charge is 2.18. The van der Waals surface area contributed by atoms with Gasteiger partial charge in [0.25, 0.3) is 6.43 Å². The van der Waals surface area contributed by atoms with Crippen LogP contribution in [0, 0.1) is 0 Å². The van der Waals surface area contributed by atoms with Gasteiger partial charge >= 0.3 is 0 Å². The molecule has 108 valence electrons. The lowest BCUT2D eigenvalue weighted by atomic mass is 10.1. The summed E-state index contributed by atoms with van der Waals surface area (Å²) < 4.78 is 36.1. The molecule has 0 spiro atoms. The number of halogens is 2. The van der Waals surface area contributed by atoms with Crippen LogP contribution in [0.4, 0.5) is 20.2 Å². The van der Waals surface area contributed by atoms with E-state index in [1.165, 1.54) is 6.07 Å². The van der Waals surface area contributed by atoms with Crippen LogP contribution in [0.15, 0.2) is 18.2 Å². The molecule has 0 aromatic heterocycles. The summed E-state index contributed by atoms with van der Waals surface area (Å²) in [5, 5.41) is 0. The second-order valence-corrected chi connectivity index (χ2v) is 4.09. The summed E-state index contributed by atoms with van der Waals surface area (Å²) in [6.07, 6.45) is -2.56.